The van der Waals surface area contributed by atoms with Gasteiger partial charge in [0.15, 0.2) is 0 Å². The first-order chi connectivity index (χ1) is 15.7. The minimum Gasteiger partial charge on any atom is -0.459 e. The zero-order valence-electron chi connectivity index (χ0n) is 17.3. The fourth-order valence-electron chi connectivity index (χ4n) is 3.24. The van der Waals surface area contributed by atoms with E-state index in [0.717, 1.165) is 11.1 Å². The van der Waals surface area contributed by atoms with Crippen molar-refractivity contribution >= 4 is 11.9 Å². The molecule has 3 aromatic carbocycles. The molecule has 0 aliphatic rings. The van der Waals surface area contributed by atoms with Crippen LogP contribution >= 0.6 is 0 Å². The summed E-state index contributed by atoms with van der Waals surface area (Å²) in [5, 5.41) is 2.93. The van der Waals surface area contributed by atoms with Gasteiger partial charge >= 0.3 is 5.97 Å². The van der Waals surface area contributed by atoms with Gasteiger partial charge in [0.25, 0.3) is 5.91 Å². The number of nitrogens with zero attached hydrogens (tertiary/aromatic N) is 1. The number of carbonyl (C=O) groups is 2. The molecule has 1 amide bonds. The fourth-order valence-corrected chi connectivity index (χ4v) is 3.24. The van der Waals surface area contributed by atoms with Crippen molar-refractivity contribution in [1.29, 1.82) is 0 Å². The summed E-state index contributed by atoms with van der Waals surface area (Å²) < 4.78 is 10.9. The summed E-state index contributed by atoms with van der Waals surface area (Å²) in [6, 6.07) is 27.2. The van der Waals surface area contributed by atoms with Crippen molar-refractivity contribution in [2.45, 2.75) is 19.1 Å². The molecule has 0 aliphatic heterocycles. The molecule has 0 unspecified atom stereocenters. The summed E-state index contributed by atoms with van der Waals surface area (Å²) in [7, 11) is 0. The molecule has 0 saturated heterocycles. The number of hydrogen-bond acceptors (Lipinski definition) is 5. The van der Waals surface area contributed by atoms with Crippen LogP contribution in [0.2, 0.25) is 0 Å². The Morgan fingerprint density at radius 2 is 1.50 bits per heavy atom. The highest BCUT2D eigenvalue weighted by Crippen LogP contribution is 2.20. The molecule has 0 saturated carbocycles. The maximum Gasteiger partial charge on any atom is 0.308 e. The van der Waals surface area contributed by atoms with Crippen LogP contribution in [-0.2, 0) is 16.1 Å². The fraction of sp³-hybridized carbons (Fsp3) is 0.115. The first-order valence-corrected chi connectivity index (χ1v) is 10.3. The minimum absolute atomic E-state index is 0.00796. The molecule has 0 fully saturated rings. The number of hydrogen-bond donors (Lipinski definition) is 1. The third-order valence-corrected chi connectivity index (χ3v) is 4.87. The van der Waals surface area contributed by atoms with Crippen LogP contribution in [0.5, 0.6) is 0 Å². The van der Waals surface area contributed by atoms with E-state index < -0.39 is 12.0 Å². The molecule has 0 radical (unpaired) electrons. The summed E-state index contributed by atoms with van der Waals surface area (Å²) in [4.78, 5) is 29.6. The van der Waals surface area contributed by atoms with Crippen LogP contribution in [0, 0.1) is 0 Å². The van der Waals surface area contributed by atoms with Crippen molar-refractivity contribution in [1.82, 2.24) is 10.3 Å². The Morgan fingerprint density at radius 3 is 2.19 bits per heavy atom. The smallest absolute Gasteiger partial charge is 0.308 e. The standard InChI is InChI=1S/C26H22N2O4/c29-24(31-17-22-18-32-26(27-22)21-14-8-3-9-15-21)16-23(19-10-4-1-5-11-19)28-25(30)20-12-6-2-7-13-20/h1-15,18,23H,16-17H2,(H,28,30)/t23-/m0/s1. The second kappa shape index (κ2) is 10.2. The number of nitrogens with one attached hydrogen (secondary N) is 1. The van der Waals surface area contributed by atoms with Crippen LogP contribution in [0.4, 0.5) is 0 Å². The van der Waals surface area contributed by atoms with E-state index >= 15 is 0 Å². The quantitative estimate of drug-likeness (QED) is 0.403. The number of rotatable bonds is 8. The minimum atomic E-state index is -0.520. The van der Waals surface area contributed by atoms with Gasteiger partial charge in [0.05, 0.1) is 12.5 Å². The number of benzene rings is 3. The lowest BCUT2D eigenvalue weighted by atomic mass is 10.0. The highest BCUT2D eigenvalue weighted by Gasteiger charge is 2.20. The molecule has 160 valence electrons. The second-order valence-corrected chi connectivity index (χ2v) is 7.18. The number of aromatic nitrogens is 1. The van der Waals surface area contributed by atoms with Crippen LogP contribution in [0.1, 0.15) is 34.1 Å². The van der Waals surface area contributed by atoms with Gasteiger partial charge in [-0.2, -0.15) is 0 Å². The number of oxazole rings is 1. The van der Waals surface area contributed by atoms with Crippen molar-refractivity contribution < 1.29 is 18.7 Å². The van der Waals surface area contributed by atoms with E-state index in [9.17, 15) is 9.59 Å². The molecule has 0 spiro atoms. The zero-order chi connectivity index (χ0) is 22.2. The van der Waals surface area contributed by atoms with E-state index in [4.69, 9.17) is 9.15 Å². The van der Waals surface area contributed by atoms with Gasteiger partial charge in [0.2, 0.25) is 5.89 Å². The Labute approximate surface area is 185 Å². The molecular weight excluding hydrogens is 404 g/mol. The molecule has 1 atom stereocenters. The van der Waals surface area contributed by atoms with E-state index in [-0.39, 0.29) is 18.9 Å². The van der Waals surface area contributed by atoms with Gasteiger partial charge in [-0.1, -0.05) is 66.7 Å². The van der Waals surface area contributed by atoms with E-state index in [1.807, 2.05) is 66.7 Å². The third-order valence-electron chi connectivity index (χ3n) is 4.87. The van der Waals surface area contributed by atoms with Crippen molar-refractivity contribution in [3.8, 4) is 11.5 Å². The molecule has 1 aromatic heterocycles. The van der Waals surface area contributed by atoms with Gasteiger partial charge in [-0.15, -0.1) is 0 Å². The van der Waals surface area contributed by atoms with Crippen LogP contribution in [0.15, 0.2) is 102 Å². The number of esters is 1. The lowest BCUT2D eigenvalue weighted by Crippen LogP contribution is -2.30. The average molecular weight is 426 g/mol. The maximum atomic E-state index is 12.6. The van der Waals surface area contributed by atoms with E-state index in [0.29, 0.717) is 17.1 Å². The summed E-state index contributed by atoms with van der Waals surface area (Å²) >= 11 is 0. The Hall–Kier alpha value is -4.19. The maximum absolute atomic E-state index is 12.6. The molecule has 4 rings (SSSR count). The summed E-state index contributed by atoms with van der Waals surface area (Å²) in [6.07, 6.45) is 1.47. The topological polar surface area (TPSA) is 81.4 Å². The molecule has 32 heavy (non-hydrogen) atoms. The average Bonchev–Trinajstić information content (AvgIpc) is 3.33. The van der Waals surface area contributed by atoms with Gasteiger partial charge < -0.3 is 14.5 Å². The second-order valence-electron chi connectivity index (χ2n) is 7.18. The Kier molecular flexibility index (Phi) is 6.72. The van der Waals surface area contributed by atoms with Gasteiger partial charge in [-0.3, -0.25) is 9.59 Å². The van der Waals surface area contributed by atoms with Crippen LogP contribution in [-0.4, -0.2) is 16.9 Å². The van der Waals surface area contributed by atoms with E-state index in [1.165, 1.54) is 6.26 Å². The molecule has 1 heterocycles. The first-order valence-electron chi connectivity index (χ1n) is 10.3. The highest BCUT2D eigenvalue weighted by molar-refractivity contribution is 5.94. The largest absolute Gasteiger partial charge is 0.459 e. The van der Waals surface area contributed by atoms with Gasteiger partial charge in [-0.05, 0) is 29.8 Å². The normalized spacial score (nSPS) is 11.5. The lowest BCUT2D eigenvalue weighted by molar-refractivity contribution is -0.145. The highest BCUT2D eigenvalue weighted by atomic mass is 16.5. The first kappa shape index (κ1) is 21.1. The molecule has 0 bridgehead atoms. The number of carbonyl (C=O) groups excluding carboxylic acids is 2. The van der Waals surface area contributed by atoms with Crippen molar-refractivity contribution in [3.63, 3.8) is 0 Å². The van der Waals surface area contributed by atoms with Crippen molar-refractivity contribution in [2.24, 2.45) is 0 Å². The van der Waals surface area contributed by atoms with E-state index in [2.05, 4.69) is 10.3 Å². The lowest BCUT2D eigenvalue weighted by Gasteiger charge is -2.18. The van der Waals surface area contributed by atoms with Crippen LogP contribution < -0.4 is 5.32 Å². The summed E-state index contributed by atoms with van der Waals surface area (Å²) in [5.41, 5.74) is 2.71. The summed E-state index contributed by atoms with van der Waals surface area (Å²) in [5.74, 6) is -0.235. The summed E-state index contributed by atoms with van der Waals surface area (Å²) in [6.45, 7) is -0.0106. The SMILES string of the molecule is O=C(C[C@H](NC(=O)c1ccccc1)c1ccccc1)OCc1coc(-c2ccccc2)n1. The van der Waals surface area contributed by atoms with Crippen LogP contribution in [0.25, 0.3) is 11.5 Å². The third kappa shape index (κ3) is 5.49. The predicted octanol–water partition coefficient (Wildman–Crippen LogP) is 4.95. The van der Waals surface area contributed by atoms with Crippen molar-refractivity contribution in [2.75, 3.05) is 0 Å². The molecule has 1 N–H and O–H groups in total. The van der Waals surface area contributed by atoms with E-state index in [1.54, 1.807) is 24.3 Å². The molecule has 0 aliphatic carbocycles. The Bertz CT molecular complexity index is 1160. The number of ether oxygens (including phenoxy) is 1. The monoisotopic (exact) mass is 426 g/mol. The van der Waals surface area contributed by atoms with Gasteiger partial charge in [-0.25, -0.2) is 4.98 Å². The molecule has 6 heteroatoms. The number of amides is 1. The zero-order valence-corrected chi connectivity index (χ0v) is 17.3. The molecular formula is C26H22N2O4. The Balaban J connectivity index is 1.39. The predicted molar refractivity (Wildman–Crippen MR) is 119 cm³/mol. The van der Waals surface area contributed by atoms with Gasteiger partial charge in [0, 0.05) is 11.1 Å². The molecule has 6 nitrogen and oxygen atoms in total. The molecule has 4 aromatic rings. The Morgan fingerprint density at radius 1 is 0.875 bits per heavy atom. The van der Waals surface area contributed by atoms with Gasteiger partial charge in [0.1, 0.15) is 18.6 Å². The van der Waals surface area contributed by atoms with Crippen LogP contribution in [0.3, 0.4) is 0 Å². The van der Waals surface area contributed by atoms with Crippen molar-refractivity contribution in [3.05, 3.63) is 114 Å².